The van der Waals surface area contributed by atoms with Crippen molar-refractivity contribution < 1.29 is 9.59 Å². The van der Waals surface area contributed by atoms with Crippen LogP contribution in [0.1, 0.15) is 23.2 Å². The maximum atomic E-state index is 11.6. The van der Waals surface area contributed by atoms with E-state index in [9.17, 15) is 9.59 Å². The van der Waals surface area contributed by atoms with E-state index in [2.05, 4.69) is 22.0 Å². The molecule has 1 rings (SSSR count). The van der Waals surface area contributed by atoms with Crippen LogP contribution in [-0.2, 0) is 4.79 Å². The highest BCUT2D eigenvalue weighted by Crippen LogP contribution is 2.26. The molecule has 0 aromatic carbocycles. The second kappa shape index (κ2) is 8.43. The van der Waals surface area contributed by atoms with Crippen LogP contribution in [0.25, 0.3) is 0 Å². The summed E-state index contributed by atoms with van der Waals surface area (Å²) < 4.78 is 0. The molecule has 7 heteroatoms. The molecule has 0 atom stereocenters. The quantitative estimate of drug-likeness (QED) is 0.478. The molecule has 4 nitrogen and oxygen atoms in total. The fourth-order valence-electron chi connectivity index (χ4n) is 1.12. The SMILES string of the molecule is O=C(CCCNC(=O)c1cccnc1)SSS. The summed E-state index contributed by atoms with van der Waals surface area (Å²) in [5.41, 5.74) is 0.527. The number of hydrogen-bond donors (Lipinski definition) is 2. The Balaban J connectivity index is 2.19. The number of rotatable bonds is 6. The molecular weight excluding hydrogens is 276 g/mol. The number of nitrogens with zero attached hydrogens (tertiary/aromatic N) is 1. The number of carbonyl (C=O) groups is 2. The minimum absolute atomic E-state index is 0.0700. The van der Waals surface area contributed by atoms with Gasteiger partial charge in [-0.2, -0.15) is 0 Å². The van der Waals surface area contributed by atoms with Gasteiger partial charge in [0.15, 0.2) is 5.12 Å². The Labute approximate surface area is 113 Å². The third-order valence-corrected chi connectivity index (χ3v) is 3.81. The van der Waals surface area contributed by atoms with Crippen molar-refractivity contribution in [3.63, 3.8) is 0 Å². The van der Waals surface area contributed by atoms with E-state index in [0.29, 0.717) is 24.9 Å². The standard InChI is InChI=1S/C10H12N2O2S3/c13-9(16-17-15)4-2-6-12-10(14)8-3-1-5-11-7-8/h1,3,5,7,15H,2,4,6H2,(H,12,14). The van der Waals surface area contributed by atoms with Crippen molar-refractivity contribution >= 4 is 43.3 Å². The molecule has 17 heavy (non-hydrogen) atoms. The van der Waals surface area contributed by atoms with Gasteiger partial charge >= 0.3 is 0 Å². The molecule has 0 saturated heterocycles. The fourth-order valence-corrected chi connectivity index (χ4v) is 2.68. The highest BCUT2D eigenvalue weighted by Gasteiger charge is 2.05. The highest BCUT2D eigenvalue weighted by molar-refractivity contribution is 9.08. The van der Waals surface area contributed by atoms with Crippen LogP contribution in [-0.4, -0.2) is 22.6 Å². The van der Waals surface area contributed by atoms with Gasteiger partial charge in [0.1, 0.15) is 0 Å². The molecule has 0 aliphatic rings. The maximum absolute atomic E-state index is 11.6. The van der Waals surface area contributed by atoms with Gasteiger partial charge in [-0.05, 0) is 39.2 Å². The number of amides is 1. The van der Waals surface area contributed by atoms with Crippen LogP contribution in [0.5, 0.6) is 0 Å². The molecule has 1 N–H and O–H groups in total. The first-order valence-corrected chi connectivity index (χ1v) is 8.13. The predicted octanol–water partition coefficient (Wildman–Crippen LogP) is 2.34. The zero-order valence-electron chi connectivity index (χ0n) is 8.96. The van der Waals surface area contributed by atoms with E-state index < -0.39 is 0 Å². The second-order valence-electron chi connectivity index (χ2n) is 3.13. The molecule has 1 aromatic heterocycles. The molecular formula is C10H12N2O2S3. The van der Waals surface area contributed by atoms with Crippen LogP contribution in [0.15, 0.2) is 24.5 Å². The first-order valence-electron chi connectivity index (χ1n) is 4.93. The molecule has 1 heterocycles. The molecule has 92 valence electrons. The summed E-state index contributed by atoms with van der Waals surface area (Å²) in [6.07, 6.45) is 4.19. The van der Waals surface area contributed by atoms with Crippen LogP contribution in [0.2, 0.25) is 0 Å². The van der Waals surface area contributed by atoms with Crippen molar-refractivity contribution in [1.29, 1.82) is 0 Å². The van der Waals surface area contributed by atoms with Crippen molar-refractivity contribution in [1.82, 2.24) is 10.3 Å². The summed E-state index contributed by atoms with van der Waals surface area (Å²) >= 11 is 3.87. The zero-order valence-corrected chi connectivity index (χ0v) is 11.5. The van der Waals surface area contributed by atoms with E-state index in [4.69, 9.17) is 0 Å². The number of hydrogen-bond acceptors (Lipinski definition) is 6. The number of aromatic nitrogens is 1. The lowest BCUT2D eigenvalue weighted by Gasteiger charge is -2.03. The smallest absolute Gasteiger partial charge is 0.252 e. The van der Waals surface area contributed by atoms with Gasteiger partial charge in [0, 0.05) is 25.4 Å². The molecule has 0 radical (unpaired) electrons. The first-order chi connectivity index (χ1) is 8.24. The lowest BCUT2D eigenvalue weighted by molar-refractivity contribution is -0.110. The summed E-state index contributed by atoms with van der Waals surface area (Å²) in [6.45, 7) is 0.483. The molecule has 0 unspecified atom stereocenters. The van der Waals surface area contributed by atoms with Gasteiger partial charge in [-0.3, -0.25) is 14.6 Å². The summed E-state index contributed by atoms with van der Waals surface area (Å²) in [6, 6.07) is 3.40. The molecule has 0 aliphatic heterocycles. The Morgan fingerprint density at radius 1 is 1.47 bits per heavy atom. The lowest BCUT2D eigenvalue weighted by atomic mass is 10.2. The van der Waals surface area contributed by atoms with Crippen molar-refractivity contribution in [2.24, 2.45) is 0 Å². The minimum atomic E-state index is -0.165. The molecule has 1 aromatic rings. The third kappa shape index (κ3) is 5.99. The van der Waals surface area contributed by atoms with E-state index in [1.807, 2.05) is 0 Å². The molecule has 0 fully saturated rings. The Hall–Kier alpha value is -0.660. The number of thiol groups is 1. The van der Waals surface area contributed by atoms with Crippen LogP contribution < -0.4 is 5.32 Å². The monoisotopic (exact) mass is 288 g/mol. The maximum Gasteiger partial charge on any atom is 0.252 e. The normalized spacial score (nSPS) is 9.94. The number of carbonyl (C=O) groups excluding carboxylic acids is 2. The van der Waals surface area contributed by atoms with E-state index in [1.165, 1.54) is 6.20 Å². The van der Waals surface area contributed by atoms with Gasteiger partial charge in [-0.25, -0.2) is 0 Å². The van der Waals surface area contributed by atoms with Gasteiger partial charge in [0.05, 0.1) is 5.56 Å². The summed E-state index contributed by atoms with van der Waals surface area (Å²) in [4.78, 5) is 26.5. The fraction of sp³-hybridized carbons (Fsp3) is 0.300. The Kier molecular flexibility index (Phi) is 7.14. The second-order valence-corrected chi connectivity index (χ2v) is 6.19. The Morgan fingerprint density at radius 3 is 2.94 bits per heavy atom. The topological polar surface area (TPSA) is 59.1 Å². The Bertz CT molecular complexity index is 373. The average molecular weight is 288 g/mol. The van der Waals surface area contributed by atoms with Crippen molar-refractivity contribution in [2.75, 3.05) is 6.54 Å². The minimum Gasteiger partial charge on any atom is -0.352 e. The largest absolute Gasteiger partial charge is 0.352 e. The zero-order chi connectivity index (χ0) is 12.5. The van der Waals surface area contributed by atoms with E-state index in [0.717, 1.165) is 20.6 Å². The van der Waals surface area contributed by atoms with Crippen molar-refractivity contribution in [2.45, 2.75) is 12.8 Å². The number of pyridine rings is 1. The van der Waals surface area contributed by atoms with Crippen molar-refractivity contribution in [3.8, 4) is 0 Å². The van der Waals surface area contributed by atoms with Gasteiger partial charge < -0.3 is 5.32 Å². The molecule has 0 saturated carbocycles. The van der Waals surface area contributed by atoms with Gasteiger partial charge in [-0.1, -0.05) is 11.7 Å². The first kappa shape index (κ1) is 14.4. The summed E-state index contributed by atoms with van der Waals surface area (Å²) in [5.74, 6) is -0.165. The van der Waals surface area contributed by atoms with Crippen LogP contribution in [0.4, 0.5) is 0 Å². The van der Waals surface area contributed by atoms with Gasteiger partial charge in [0.25, 0.3) is 5.91 Å². The predicted molar refractivity (Wildman–Crippen MR) is 75.0 cm³/mol. The van der Waals surface area contributed by atoms with E-state index >= 15 is 0 Å². The lowest BCUT2D eigenvalue weighted by Crippen LogP contribution is -2.24. The third-order valence-electron chi connectivity index (χ3n) is 1.90. The molecule has 0 spiro atoms. The van der Waals surface area contributed by atoms with Crippen LogP contribution in [0, 0.1) is 0 Å². The molecule has 0 bridgehead atoms. The summed E-state index contributed by atoms with van der Waals surface area (Å²) in [7, 11) is 2.24. The molecule has 1 amide bonds. The average Bonchev–Trinajstić information content (AvgIpc) is 2.36. The van der Waals surface area contributed by atoms with Gasteiger partial charge in [0.2, 0.25) is 0 Å². The summed E-state index contributed by atoms with van der Waals surface area (Å²) in [5, 5.41) is 2.80. The number of nitrogens with one attached hydrogen (secondary N) is 1. The van der Waals surface area contributed by atoms with Gasteiger partial charge in [-0.15, -0.1) is 0 Å². The van der Waals surface area contributed by atoms with Crippen LogP contribution in [0.3, 0.4) is 0 Å². The van der Waals surface area contributed by atoms with Crippen LogP contribution >= 0.6 is 32.3 Å². The Morgan fingerprint density at radius 2 is 2.29 bits per heavy atom. The van der Waals surface area contributed by atoms with E-state index in [1.54, 1.807) is 18.3 Å². The van der Waals surface area contributed by atoms with Crippen molar-refractivity contribution in [3.05, 3.63) is 30.1 Å². The van der Waals surface area contributed by atoms with E-state index in [-0.39, 0.29) is 11.0 Å². The highest BCUT2D eigenvalue weighted by atomic mass is 33.5. The molecule has 0 aliphatic carbocycles.